The molecule has 1 unspecified atom stereocenters. The third-order valence-corrected chi connectivity index (χ3v) is 6.32. The zero-order valence-electron chi connectivity index (χ0n) is 16.6. The van der Waals surface area contributed by atoms with Gasteiger partial charge < -0.3 is 9.80 Å². The van der Waals surface area contributed by atoms with Crippen LogP contribution in [0, 0.1) is 12.8 Å². The number of likely N-dealkylation sites (tertiary alicyclic amines) is 1. The predicted octanol–water partition coefficient (Wildman–Crippen LogP) is 1.76. The molecule has 1 saturated carbocycles. The Balaban J connectivity index is 1.64. The molecule has 10 nitrogen and oxygen atoms in total. The Hall–Kier alpha value is -2.27. The molecule has 2 heterocycles. The van der Waals surface area contributed by atoms with Crippen LogP contribution in [0.3, 0.4) is 0 Å². The first-order valence-electron chi connectivity index (χ1n) is 10.1. The third-order valence-electron chi connectivity index (χ3n) is 5.57. The summed E-state index contributed by atoms with van der Waals surface area (Å²) in [5.74, 6) is -0.385. The molecule has 0 aromatic carbocycles. The van der Waals surface area contributed by atoms with E-state index in [4.69, 9.17) is 5.21 Å². The number of amides is 4. The molecule has 4 amide bonds. The summed E-state index contributed by atoms with van der Waals surface area (Å²) in [6, 6.07) is -0.962. The van der Waals surface area contributed by atoms with Crippen molar-refractivity contribution in [3.05, 3.63) is 5.01 Å². The molecule has 0 spiro atoms. The van der Waals surface area contributed by atoms with Gasteiger partial charge in [-0.15, -0.1) is 10.2 Å². The first-order chi connectivity index (χ1) is 14.0. The minimum atomic E-state index is -0.644. The van der Waals surface area contributed by atoms with Crippen LogP contribution in [0.25, 0.3) is 0 Å². The van der Waals surface area contributed by atoms with Crippen molar-refractivity contribution in [2.75, 3.05) is 25.0 Å². The molecular weight excluding hydrogens is 396 g/mol. The maximum atomic E-state index is 13.2. The minimum Gasteiger partial charge on any atom is -0.315 e. The molecule has 1 aliphatic carbocycles. The van der Waals surface area contributed by atoms with E-state index in [1.807, 2.05) is 0 Å². The molecule has 1 aliphatic heterocycles. The van der Waals surface area contributed by atoms with Crippen molar-refractivity contribution in [2.24, 2.45) is 5.92 Å². The lowest BCUT2D eigenvalue weighted by Crippen LogP contribution is -2.51. The summed E-state index contributed by atoms with van der Waals surface area (Å²) in [6.07, 6.45) is 6.78. The molecule has 2 fully saturated rings. The van der Waals surface area contributed by atoms with Crippen LogP contribution in [0.1, 0.15) is 50.0 Å². The molecule has 0 radical (unpaired) electrons. The number of hydrogen-bond acceptors (Lipinski definition) is 7. The van der Waals surface area contributed by atoms with E-state index < -0.39 is 11.9 Å². The Kier molecular flexibility index (Phi) is 7.37. The SMILES string of the molecule is Cc1nnc(NC(=O)C2CCCN2C(=O)N(CCC2CCCC2)CC(=O)NO)s1. The van der Waals surface area contributed by atoms with Crippen LogP contribution < -0.4 is 10.8 Å². The maximum Gasteiger partial charge on any atom is 0.321 e. The van der Waals surface area contributed by atoms with Gasteiger partial charge in [0.15, 0.2) is 0 Å². The molecule has 2 aliphatic rings. The van der Waals surface area contributed by atoms with Gasteiger partial charge in [-0.05, 0) is 32.1 Å². The summed E-state index contributed by atoms with van der Waals surface area (Å²) in [5, 5.41) is 20.5. The first kappa shape index (κ1) is 21.4. The highest BCUT2D eigenvalue weighted by atomic mass is 32.1. The summed E-state index contributed by atoms with van der Waals surface area (Å²) in [4.78, 5) is 40.5. The van der Waals surface area contributed by atoms with Crippen molar-refractivity contribution in [1.29, 1.82) is 0 Å². The second-order valence-electron chi connectivity index (χ2n) is 7.65. The highest BCUT2D eigenvalue weighted by molar-refractivity contribution is 7.15. The number of hydroxylamine groups is 1. The Morgan fingerprint density at radius 3 is 2.62 bits per heavy atom. The van der Waals surface area contributed by atoms with Crippen LogP contribution in [0.2, 0.25) is 0 Å². The standard InChI is InChI=1S/C18H28N6O4S/c1-12-20-21-17(29-12)19-16(26)14-7-4-9-24(14)18(27)23(11-15(25)22-28)10-8-13-5-2-3-6-13/h13-14,28H,2-11H2,1H3,(H,22,25)(H,19,21,26). The predicted molar refractivity (Wildman–Crippen MR) is 106 cm³/mol. The highest BCUT2D eigenvalue weighted by Crippen LogP contribution is 2.28. The molecule has 1 saturated heterocycles. The molecule has 160 valence electrons. The Bertz CT molecular complexity index is 736. The molecule has 3 rings (SSSR count). The van der Waals surface area contributed by atoms with Gasteiger partial charge in [-0.1, -0.05) is 37.0 Å². The van der Waals surface area contributed by atoms with Gasteiger partial charge in [0, 0.05) is 13.1 Å². The lowest BCUT2D eigenvalue weighted by Gasteiger charge is -2.31. The number of nitrogens with zero attached hydrogens (tertiary/aromatic N) is 4. The van der Waals surface area contributed by atoms with Crippen LogP contribution in [0.5, 0.6) is 0 Å². The van der Waals surface area contributed by atoms with Crippen LogP contribution in [-0.2, 0) is 9.59 Å². The number of anilines is 1. The monoisotopic (exact) mass is 424 g/mol. The lowest BCUT2D eigenvalue weighted by molar-refractivity contribution is -0.129. The molecule has 1 atom stereocenters. The summed E-state index contributed by atoms with van der Waals surface area (Å²) in [6.45, 7) is 2.44. The highest BCUT2D eigenvalue weighted by Gasteiger charge is 2.37. The van der Waals surface area contributed by atoms with E-state index in [9.17, 15) is 14.4 Å². The van der Waals surface area contributed by atoms with Crippen molar-refractivity contribution in [3.63, 3.8) is 0 Å². The van der Waals surface area contributed by atoms with E-state index in [-0.39, 0.29) is 18.5 Å². The molecule has 1 aromatic rings. The quantitative estimate of drug-likeness (QED) is 0.452. The van der Waals surface area contributed by atoms with E-state index in [2.05, 4.69) is 15.5 Å². The van der Waals surface area contributed by atoms with E-state index in [1.165, 1.54) is 34.0 Å². The number of rotatable bonds is 7. The largest absolute Gasteiger partial charge is 0.321 e. The fourth-order valence-corrected chi connectivity index (χ4v) is 4.67. The average Bonchev–Trinajstić information content (AvgIpc) is 3.46. The number of urea groups is 1. The van der Waals surface area contributed by atoms with Crippen molar-refractivity contribution in [3.8, 4) is 0 Å². The second-order valence-corrected chi connectivity index (χ2v) is 8.83. The van der Waals surface area contributed by atoms with Gasteiger partial charge in [0.2, 0.25) is 11.0 Å². The topological polar surface area (TPSA) is 128 Å². The molecular formula is C18H28N6O4S. The van der Waals surface area contributed by atoms with Gasteiger partial charge in [-0.3, -0.25) is 20.1 Å². The fourth-order valence-electron chi connectivity index (χ4n) is 4.07. The van der Waals surface area contributed by atoms with E-state index >= 15 is 0 Å². The summed E-state index contributed by atoms with van der Waals surface area (Å²) < 4.78 is 0. The summed E-state index contributed by atoms with van der Waals surface area (Å²) in [7, 11) is 0. The zero-order valence-corrected chi connectivity index (χ0v) is 17.4. The van der Waals surface area contributed by atoms with Crippen molar-refractivity contribution < 1.29 is 19.6 Å². The number of carbonyl (C=O) groups excluding carboxylic acids is 3. The third kappa shape index (κ3) is 5.63. The summed E-state index contributed by atoms with van der Waals surface area (Å²) in [5.41, 5.74) is 1.59. The summed E-state index contributed by atoms with van der Waals surface area (Å²) >= 11 is 1.28. The Morgan fingerprint density at radius 2 is 1.97 bits per heavy atom. The fraction of sp³-hybridized carbons (Fsp3) is 0.722. The van der Waals surface area contributed by atoms with Gasteiger partial charge in [0.25, 0.3) is 5.91 Å². The van der Waals surface area contributed by atoms with Crippen LogP contribution in [-0.4, -0.2) is 68.7 Å². The smallest absolute Gasteiger partial charge is 0.315 e. The zero-order chi connectivity index (χ0) is 20.8. The normalized spacial score (nSPS) is 19.4. The molecule has 3 N–H and O–H groups in total. The van der Waals surface area contributed by atoms with E-state index in [0.717, 1.165) is 24.3 Å². The number of aromatic nitrogens is 2. The Morgan fingerprint density at radius 1 is 1.21 bits per heavy atom. The Labute approximate surface area is 173 Å². The molecule has 0 bridgehead atoms. The van der Waals surface area contributed by atoms with Crippen LogP contribution in [0.4, 0.5) is 9.93 Å². The number of nitrogens with one attached hydrogen (secondary N) is 2. The van der Waals surface area contributed by atoms with Crippen molar-refractivity contribution in [2.45, 2.75) is 57.9 Å². The van der Waals surface area contributed by atoms with E-state index in [0.29, 0.717) is 37.0 Å². The molecule has 11 heteroatoms. The number of hydrogen-bond donors (Lipinski definition) is 3. The average molecular weight is 425 g/mol. The molecule has 1 aromatic heterocycles. The van der Waals surface area contributed by atoms with Gasteiger partial charge in [0.1, 0.15) is 17.6 Å². The first-order valence-corrected chi connectivity index (χ1v) is 10.9. The maximum absolute atomic E-state index is 13.2. The van der Waals surface area contributed by atoms with Crippen molar-refractivity contribution in [1.82, 2.24) is 25.5 Å². The van der Waals surface area contributed by atoms with Gasteiger partial charge in [-0.25, -0.2) is 10.3 Å². The number of carbonyl (C=O) groups is 3. The molecule has 29 heavy (non-hydrogen) atoms. The van der Waals surface area contributed by atoms with Gasteiger partial charge >= 0.3 is 6.03 Å². The van der Waals surface area contributed by atoms with Crippen LogP contribution >= 0.6 is 11.3 Å². The van der Waals surface area contributed by atoms with E-state index in [1.54, 1.807) is 12.4 Å². The second kappa shape index (κ2) is 9.97. The van der Waals surface area contributed by atoms with Crippen LogP contribution in [0.15, 0.2) is 0 Å². The lowest BCUT2D eigenvalue weighted by atomic mass is 10.0. The van der Waals surface area contributed by atoms with Crippen molar-refractivity contribution >= 4 is 34.3 Å². The minimum absolute atomic E-state index is 0.234. The number of aryl methyl sites for hydroxylation is 1. The van der Waals surface area contributed by atoms with Gasteiger partial charge in [-0.2, -0.15) is 0 Å². The van der Waals surface area contributed by atoms with Gasteiger partial charge in [0.05, 0.1) is 0 Å².